The van der Waals surface area contributed by atoms with Crippen LogP contribution in [0, 0.1) is 0 Å². The van der Waals surface area contributed by atoms with Crippen molar-refractivity contribution < 1.29 is 14.3 Å². The van der Waals surface area contributed by atoms with E-state index < -0.39 is 12.1 Å². The molecule has 0 N–H and O–H groups in total. The molecule has 1 fully saturated rings. The molecule has 2 amide bonds. The van der Waals surface area contributed by atoms with Crippen molar-refractivity contribution in [3.63, 3.8) is 0 Å². The summed E-state index contributed by atoms with van der Waals surface area (Å²) in [6.45, 7) is 2.16. The third-order valence-electron chi connectivity index (χ3n) is 3.85. The predicted molar refractivity (Wildman–Crippen MR) is 70.0 cm³/mol. The molecule has 2 atom stereocenters. The van der Waals surface area contributed by atoms with Gasteiger partial charge in [-0.15, -0.1) is 0 Å². The molecule has 0 spiro atoms. The van der Waals surface area contributed by atoms with E-state index in [2.05, 4.69) is 0 Å². The number of fused-ring (bicyclic) bond motifs is 1. The summed E-state index contributed by atoms with van der Waals surface area (Å²) in [5.74, 6) is -0.0641. The predicted octanol–water partition coefficient (Wildman–Crippen LogP) is 1.41. The van der Waals surface area contributed by atoms with Gasteiger partial charge in [0.05, 0.1) is 0 Å². The molecule has 2 heterocycles. The van der Waals surface area contributed by atoms with E-state index in [4.69, 9.17) is 4.74 Å². The number of para-hydroxylation sites is 1. The Morgan fingerprint density at radius 2 is 2.11 bits per heavy atom. The van der Waals surface area contributed by atoms with E-state index in [9.17, 15) is 9.59 Å². The number of cyclic esters (lactones) is 1. The number of anilines is 1. The summed E-state index contributed by atoms with van der Waals surface area (Å²) >= 11 is 0. The molecule has 100 valence electrons. The van der Waals surface area contributed by atoms with E-state index in [1.165, 1.54) is 10.5 Å². The molecule has 2 aliphatic heterocycles. The molecular weight excluding hydrogens is 244 g/mol. The molecule has 5 nitrogen and oxygen atoms in total. The third kappa shape index (κ3) is 1.77. The molecule has 0 saturated carbocycles. The number of likely N-dealkylation sites (N-methyl/N-ethyl adjacent to an activating group) is 1. The van der Waals surface area contributed by atoms with Crippen LogP contribution in [0.2, 0.25) is 0 Å². The lowest BCUT2D eigenvalue weighted by Crippen LogP contribution is -2.48. The van der Waals surface area contributed by atoms with Gasteiger partial charge in [-0.1, -0.05) is 18.2 Å². The molecule has 1 aromatic carbocycles. The first-order valence-electron chi connectivity index (χ1n) is 6.40. The summed E-state index contributed by atoms with van der Waals surface area (Å²) in [7, 11) is 1.60. The Labute approximate surface area is 111 Å². The van der Waals surface area contributed by atoms with Crippen LogP contribution < -0.4 is 4.90 Å². The highest BCUT2D eigenvalue weighted by atomic mass is 16.6. The fourth-order valence-corrected chi connectivity index (χ4v) is 2.79. The summed E-state index contributed by atoms with van der Waals surface area (Å²) in [4.78, 5) is 27.2. The summed E-state index contributed by atoms with van der Waals surface area (Å²) < 4.78 is 4.92. The van der Waals surface area contributed by atoms with Gasteiger partial charge >= 0.3 is 6.09 Å². The summed E-state index contributed by atoms with van der Waals surface area (Å²) in [5.41, 5.74) is 2.13. The van der Waals surface area contributed by atoms with Crippen molar-refractivity contribution in [3.05, 3.63) is 29.8 Å². The van der Waals surface area contributed by atoms with Gasteiger partial charge in [0, 0.05) is 18.8 Å². The first kappa shape index (κ1) is 12.0. The second-order valence-electron chi connectivity index (χ2n) is 5.09. The molecule has 2 unspecified atom stereocenters. The molecule has 0 aliphatic carbocycles. The van der Waals surface area contributed by atoms with Gasteiger partial charge in [0.25, 0.3) is 5.91 Å². The average molecular weight is 260 g/mol. The Balaban J connectivity index is 1.90. The molecule has 2 aliphatic rings. The fourth-order valence-electron chi connectivity index (χ4n) is 2.79. The van der Waals surface area contributed by atoms with E-state index in [1.807, 2.05) is 31.2 Å². The first-order chi connectivity index (χ1) is 9.09. The highest BCUT2D eigenvalue weighted by molar-refractivity contribution is 6.01. The largest absolute Gasteiger partial charge is 0.447 e. The number of hydrogen-bond donors (Lipinski definition) is 0. The van der Waals surface area contributed by atoms with Crippen molar-refractivity contribution in [3.8, 4) is 0 Å². The Bertz CT molecular complexity index is 543. The fraction of sp³-hybridized carbons (Fsp3) is 0.429. The Morgan fingerprint density at radius 1 is 1.37 bits per heavy atom. The van der Waals surface area contributed by atoms with Crippen molar-refractivity contribution in [1.82, 2.24) is 4.90 Å². The van der Waals surface area contributed by atoms with Crippen molar-refractivity contribution >= 4 is 17.7 Å². The minimum Gasteiger partial charge on any atom is -0.447 e. The number of amides is 2. The Hall–Kier alpha value is -2.04. The van der Waals surface area contributed by atoms with Gasteiger partial charge in [0.1, 0.15) is 12.6 Å². The second-order valence-corrected chi connectivity index (χ2v) is 5.09. The van der Waals surface area contributed by atoms with E-state index in [0.29, 0.717) is 0 Å². The number of ether oxygens (including phenoxy) is 1. The first-order valence-corrected chi connectivity index (χ1v) is 6.40. The van der Waals surface area contributed by atoms with Crippen molar-refractivity contribution in [2.24, 2.45) is 0 Å². The molecule has 3 rings (SSSR count). The van der Waals surface area contributed by atoms with Crippen LogP contribution in [0.1, 0.15) is 12.5 Å². The number of carbonyl (C=O) groups excluding carboxylic acids is 2. The number of benzene rings is 1. The van der Waals surface area contributed by atoms with Gasteiger partial charge < -0.3 is 9.64 Å². The Morgan fingerprint density at radius 3 is 2.79 bits per heavy atom. The molecular formula is C14H16N2O3. The number of nitrogens with zero attached hydrogens (tertiary/aromatic N) is 2. The van der Waals surface area contributed by atoms with E-state index in [1.54, 1.807) is 11.9 Å². The van der Waals surface area contributed by atoms with Gasteiger partial charge in [-0.2, -0.15) is 0 Å². The zero-order valence-corrected chi connectivity index (χ0v) is 11.0. The van der Waals surface area contributed by atoms with Crippen molar-refractivity contribution in [2.75, 3.05) is 18.6 Å². The standard InChI is InChI=1S/C14H16N2O3/c1-9-7-10-5-3-4-6-11(10)16(9)13(17)12-8-19-14(18)15(12)2/h3-6,9,12H,7-8H2,1-2H3. The van der Waals surface area contributed by atoms with Crippen molar-refractivity contribution in [2.45, 2.75) is 25.4 Å². The smallest absolute Gasteiger partial charge is 0.410 e. The monoisotopic (exact) mass is 260 g/mol. The van der Waals surface area contributed by atoms with Gasteiger partial charge in [-0.05, 0) is 25.0 Å². The summed E-state index contributed by atoms with van der Waals surface area (Å²) in [6, 6.07) is 7.51. The van der Waals surface area contributed by atoms with Crippen LogP contribution in [0.3, 0.4) is 0 Å². The van der Waals surface area contributed by atoms with Crippen LogP contribution in [0.15, 0.2) is 24.3 Å². The maximum atomic E-state index is 12.6. The zero-order chi connectivity index (χ0) is 13.6. The summed E-state index contributed by atoms with van der Waals surface area (Å²) in [6.07, 6.45) is 0.422. The lowest BCUT2D eigenvalue weighted by Gasteiger charge is -2.27. The SMILES string of the molecule is CC1Cc2ccccc2N1C(=O)C1COC(=O)N1C. The minimum atomic E-state index is -0.513. The molecule has 0 radical (unpaired) electrons. The highest BCUT2D eigenvalue weighted by Gasteiger charge is 2.41. The zero-order valence-electron chi connectivity index (χ0n) is 11.0. The second kappa shape index (κ2) is 4.26. The van der Waals surface area contributed by atoms with Gasteiger partial charge in [0.2, 0.25) is 0 Å². The maximum Gasteiger partial charge on any atom is 0.410 e. The molecule has 5 heteroatoms. The van der Waals surface area contributed by atoms with E-state index >= 15 is 0 Å². The van der Waals surface area contributed by atoms with Crippen LogP contribution in [0.4, 0.5) is 10.5 Å². The highest BCUT2D eigenvalue weighted by Crippen LogP contribution is 2.33. The molecule has 0 bridgehead atoms. The van der Waals surface area contributed by atoms with Crippen molar-refractivity contribution in [1.29, 1.82) is 0 Å². The van der Waals surface area contributed by atoms with Crippen LogP contribution in [-0.2, 0) is 16.0 Å². The van der Waals surface area contributed by atoms with Crippen LogP contribution >= 0.6 is 0 Å². The normalized spacial score (nSPS) is 25.5. The number of rotatable bonds is 1. The van der Waals surface area contributed by atoms with E-state index in [0.717, 1.165) is 12.1 Å². The molecule has 1 saturated heterocycles. The topological polar surface area (TPSA) is 49.9 Å². The van der Waals surface area contributed by atoms with Gasteiger partial charge in [0.15, 0.2) is 0 Å². The Kier molecular flexibility index (Phi) is 2.69. The lowest BCUT2D eigenvalue weighted by atomic mass is 10.1. The third-order valence-corrected chi connectivity index (χ3v) is 3.85. The average Bonchev–Trinajstić information content (AvgIpc) is 2.89. The van der Waals surface area contributed by atoms with Crippen LogP contribution in [0.5, 0.6) is 0 Å². The van der Waals surface area contributed by atoms with E-state index in [-0.39, 0.29) is 18.6 Å². The number of carbonyl (C=O) groups is 2. The molecule has 19 heavy (non-hydrogen) atoms. The molecule has 0 aromatic heterocycles. The van der Waals surface area contributed by atoms with Crippen LogP contribution in [-0.4, -0.2) is 42.6 Å². The number of hydrogen-bond acceptors (Lipinski definition) is 3. The quantitative estimate of drug-likeness (QED) is 0.767. The van der Waals surface area contributed by atoms with Gasteiger partial charge in [-0.25, -0.2) is 4.79 Å². The summed E-state index contributed by atoms with van der Waals surface area (Å²) in [5, 5.41) is 0. The minimum absolute atomic E-state index is 0.0641. The maximum absolute atomic E-state index is 12.6. The van der Waals surface area contributed by atoms with Gasteiger partial charge in [-0.3, -0.25) is 9.69 Å². The van der Waals surface area contributed by atoms with Crippen LogP contribution in [0.25, 0.3) is 0 Å². The molecule has 1 aromatic rings. The lowest BCUT2D eigenvalue weighted by molar-refractivity contribution is -0.122.